The number of amides is 2. The van der Waals surface area contributed by atoms with Crippen LogP contribution in [0.2, 0.25) is 0 Å². The zero-order chi connectivity index (χ0) is 22.7. The van der Waals surface area contributed by atoms with Gasteiger partial charge in [0, 0.05) is 11.5 Å². The number of carbonyl (C=O) groups is 2. The standard InChI is InChI=1S/C23H19BrN4O4/c1-27(20-7-3-2-6-17(20)22(30)25-12-16-5-4-10-32-16)21(29)13-28-14-26-19-9-8-15(24)11-18(19)23(28)31/h2-11,14H,12-13H2,1H3,(H,25,30). The maximum Gasteiger partial charge on any atom is 0.261 e. The molecule has 0 bridgehead atoms. The molecule has 1 N–H and O–H groups in total. The Balaban J connectivity index is 1.54. The molecule has 32 heavy (non-hydrogen) atoms. The summed E-state index contributed by atoms with van der Waals surface area (Å²) in [6, 6.07) is 15.5. The number of furan rings is 1. The summed E-state index contributed by atoms with van der Waals surface area (Å²) in [6.45, 7) is 0.0126. The highest BCUT2D eigenvalue weighted by atomic mass is 79.9. The lowest BCUT2D eigenvalue weighted by Crippen LogP contribution is -2.35. The lowest BCUT2D eigenvalue weighted by molar-refractivity contribution is -0.118. The van der Waals surface area contributed by atoms with Crippen molar-refractivity contribution in [3.05, 3.63) is 93.3 Å². The van der Waals surface area contributed by atoms with Crippen LogP contribution >= 0.6 is 15.9 Å². The Hall–Kier alpha value is -3.72. The van der Waals surface area contributed by atoms with Crippen molar-refractivity contribution in [2.75, 3.05) is 11.9 Å². The Labute approximate surface area is 191 Å². The van der Waals surface area contributed by atoms with E-state index in [0.717, 1.165) is 4.47 Å². The van der Waals surface area contributed by atoms with Crippen molar-refractivity contribution in [3.8, 4) is 0 Å². The smallest absolute Gasteiger partial charge is 0.261 e. The number of likely N-dealkylation sites (N-methyl/N-ethyl adjacent to an activating group) is 1. The highest BCUT2D eigenvalue weighted by molar-refractivity contribution is 9.10. The molecular formula is C23H19BrN4O4. The van der Waals surface area contributed by atoms with Crippen LogP contribution in [0.5, 0.6) is 0 Å². The molecule has 8 nitrogen and oxygen atoms in total. The Morgan fingerprint density at radius 2 is 1.97 bits per heavy atom. The predicted molar refractivity (Wildman–Crippen MR) is 123 cm³/mol. The van der Waals surface area contributed by atoms with Gasteiger partial charge in [-0.1, -0.05) is 28.1 Å². The number of nitrogens with zero attached hydrogens (tertiary/aromatic N) is 3. The molecule has 0 atom stereocenters. The van der Waals surface area contributed by atoms with Gasteiger partial charge in [-0.15, -0.1) is 0 Å². The highest BCUT2D eigenvalue weighted by Gasteiger charge is 2.19. The molecule has 0 aliphatic heterocycles. The summed E-state index contributed by atoms with van der Waals surface area (Å²) >= 11 is 3.35. The highest BCUT2D eigenvalue weighted by Crippen LogP contribution is 2.20. The van der Waals surface area contributed by atoms with Crippen LogP contribution in [0, 0.1) is 0 Å². The molecule has 4 aromatic rings. The van der Waals surface area contributed by atoms with Crippen LogP contribution in [-0.2, 0) is 17.9 Å². The Morgan fingerprint density at radius 1 is 1.16 bits per heavy atom. The van der Waals surface area contributed by atoms with E-state index >= 15 is 0 Å². The molecule has 0 spiro atoms. The van der Waals surface area contributed by atoms with E-state index in [0.29, 0.717) is 27.9 Å². The number of hydrogen-bond donors (Lipinski definition) is 1. The summed E-state index contributed by atoms with van der Waals surface area (Å²) in [5.74, 6) is -0.0874. The molecule has 2 aromatic carbocycles. The fraction of sp³-hybridized carbons (Fsp3) is 0.130. The number of hydrogen-bond acceptors (Lipinski definition) is 5. The molecule has 162 valence electrons. The Bertz CT molecular complexity index is 1350. The summed E-state index contributed by atoms with van der Waals surface area (Å²) in [6.07, 6.45) is 2.89. The van der Waals surface area contributed by atoms with Crippen molar-refractivity contribution in [1.29, 1.82) is 0 Å². The third kappa shape index (κ3) is 4.47. The van der Waals surface area contributed by atoms with Crippen LogP contribution in [0.4, 0.5) is 5.69 Å². The minimum Gasteiger partial charge on any atom is -0.467 e. The fourth-order valence-corrected chi connectivity index (χ4v) is 3.62. The molecule has 0 saturated carbocycles. The number of anilines is 1. The molecule has 2 heterocycles. The van der Waals surface area contributed by atoms with Gasteiger partial charge in [-0.2, -0.15) is 0 Å². The van der Waals surface area contributed by atoms with Gasteiger partial charge < -0.3 is 14.6 Å². The molecule has 0 radical (unpaired) electrons. The van der Waals surface area contributed by atoms with Crippen LogP contribution < -0.4 is 15.8 Å². The van der Waals surface area contributed by atoms with Crippen LogP contribution in [0.1, 0.15) is 16.1 Å². The number of carbonyl (C=O) groups excluding carboxylic acids is 2. The number of benzene rings is 2. The normalized spacial score (nSPS) is 10.8. The van der Waals surface area contributed by atoms with E-state index in [1.807, 2.05) is 0 Å². The van der Waals surface area contributed by atoms with Gasteiger partial charge in [-0.05, 0) is 42.5 Å². The molecule has 0 aliphatic rings. The molecule has 0 fully saturated rings. The van der Waals surface area contributed by atoms with E-state index in [1.165, 1.54) is 22.1 Å². The van der Waals surface area contributed by atoms with E-state index in [9.17, 15) is 14.4 Å². The minimum absolute atomic E-state index is 0.215. The third-order valence-electron chi connectivity index (χ3n) is 4.98. The molecule has 0 saturated heterocycles. The second-order valence-electron chi connectivity index (χ2n) is 7.07. The van der Waals surface area contributed by atoms with Crippen molar-refractivity contribution in [3.63, 3.8) is 0 Å². The van der Waals surface area contributed by atoms with Crippen LogP contribution in [0.15, 0.2) is 80.9 Å². The molecular weight excluding hydrogens is 476 g/mol. The van der Waals surface area contributed by atoms with Gasteiger partial charge in [0.25, 0.3) is 11.5 Å². The van der Waals surface area contributed by atoms with Crippen molar-refractivity contribution >= 4 is 44.3 Å². The molecule has 2 aromatic heterocycles. The number of rotatable bonds is 6. The van der Waals surface area contributed by atoms with Crippen molar-refractivity contribution in [1.82, 2.24) is 14.9 Å². The van der Waals surface area contributed by atoms with Crippen molar-refractivity contribution in [2.24, 2.45) is 0 Å². The molecule has 0 unspecified atom stereocenters. The number of nitrogens with one attached hydrogen (secondary N) is 1. The van der Waals surface area contributed by atoms with E-state index in [-0.39, 0.29) is 30.5 Å². The second kappa shape index (κ2) is 9.19. The first-order chi connectivity index (χ1) is 15.4. The maximum atomic E-state index is 13.0. The van der Waals surface area contributed by atoms with Crippen LogP contribution in [-0.4, -0.2) is 28.4 Å². The van der Waals surface area contributed by atoms with Gasteiger partial charge >= 0.3 is 0 Å². The average Bonchev–Trinajstić information content (AvgIpc) is 3.33. The first-order valence-corrected chi connectivity index (χ1v) is 10.5. The van der Waals surface area contributed by atoms with Gasteiger partial charge in [0.15, 0.2) is 0 Å². The first-order valence-electron chi connectivity index (χ1n) is 9.75. The zero-order valence-corrected chi connectivity index (χ0v) is 18.7. The number of fused-ring (bicyclic) bond motifs is 1. The first kappa shape index (κ1) is 21.5. The lowest BCUT2D eigenvalue weighted by atomic mass is 10.1. The zero-order valence-electron chi connectivity index (χ0n) is 17.1. The van der Waals surface area contributed by atoms with E-state index in [1.54, 1.807) is 61.6 Å². The maximum absolute atomic E-state index is 13.0. The molecule has 2 amide bonds. The van der Waals surface area contributed by atoms with Gasteiger partial charge in [0.1, 0.15) is 12.3 Å². The largest absolute Gasteiger partial charge is 0.467 e. The number of para-hydroxylation sites is 1. The number of halogens is 1. The quantitative estimate of drug-likeness (QED) is 0.443. The lowest BCUT2D eigenvalue weighted by Gasteiger charge is -2.21. The SMILES string of the molecule is CN(C(=O)Cn1cnc2ccc(Br)cc2c1=O)c1ccccc1C(=O)NCc1ccco1. The summed E-state index contributed by atoms with van der Waals surface area (Å²) in [5, 5.41) is 3.19. The summed E-state index contributed by atoms with van der Waals surface area (Å²) < 4.78 is 7.24. The van der Waals surface area contributed by atoms with Gasteiger partial charge in [0.05, 0.1) is 41.3 Å². The molecule has 0 aliphatic carbocycles. The second-order valence-corrected chi connectivity index (χ2v) is 7.99. The third-order valence-corrected chi connectivity index (χ3v) is 5.47. The van der Waals surface area contributed by atoms with E-state index in [2.05, 4.69) is 26.2 Å². The van der Waals surface area contributed by atoms with E-state index in [4.69, 9.17) is 4.42 Å². The number of aromatic nitrogens is 2. The summed E-state index contributed by atoms with van der Waals surface area (Å²) in [4.78, 5) is 44.1. The Morgan fingerprint density at radius 3 is 2.75 bits per heavy atom. The average molecular weight is 495 g/mol. The van der Waals surface area contributed by atoms with Crippen LogP contribution in [0.3, 0.4) is 0 Å². The topological polar surface area (TPSA) is 97.4 Å². The monoisotopic (exact) mass is 494 g/mol. The Kier molecular flexibility index (Phi) is 6.18. The van der Waals surface area contributed by atoms with Gasteiger partial charge in [-0.3, -0.25) is 19.0 Å². The van der Waals surface area contributed by atoms with Crippen molar-refractivity contribution < 1.29 is 14.0 Å². The predicted octanol–water partition coefficient (Wildman–Crippen LogP) is 3.35. The van der Waals surface area contributed by atoms with E-state index < -0.39 is 0 Å². The van der Waals surface area contributed by atoms with Crippen LogP contribution in [0.25, 0.3) is 10.9 Å². The molecule has 9 heteroatoms. The van der Waals surface area contributed by atoms with Gasteiger partial charge in [-0.25, -0.2) is 4.98 Å². The minimum atomic E-state index is -0.366. The molecule has 4 rings (SSSR count). The van der Waals surface area contributed by atoms with Gasteiger partial charge in [0.2, 0.25) is 5.91 Å². The fourth-order valence-electron chi connectivity index (χ4n) is 3.26. The van der Waals surface area contributed by atoms with Crippen molar-refractivity contribution in [2.45, 2.75) is 13.1 Å². The summed E-state index contributed by atoms with van der Waals surface area (Å²) in [7, 11) is 1.57. The summed E-state index contributed by atoms with van der Waals surface area (Å²) in [5.41, 5.74) is 0.998.